The topological polar surface area (TPSA) is 27.7 Å². The quantitative estimate of drug-likeness (QED) is 0.498. The molecule has 3 rings (SSSR count). The maximum Gasteiger partial charge on any atom is 0.213 e. The molecule has 0 unspecified atom stereocenters. The fourth-order valence-corrected chi connectivity index (χ4v) is 5.01. The fourth-order valence-electron chi connectivity index (χ4n) is 3.41. The average molecular weight is 358 g/mol. The van der Waals surface area contributed by atoms with Gasteiger partial charge in [-0.05, 0) is 35.7 Å². The van der Waals surface area contributed by atoms with Gasteiger partial charge in [0, 0.05) is 16.8 Å². The van der Waals surface area contributed by atoms with E-state index >= 15 is 0 Å². The first-order valence-electron chi connectivity index (χ1n) is 8.92. The maximum absolute atomic E-state index is 9.61. The molecule has 0 aliphatic heterocycles. The van der Waals surface area contributed by atoms with Crippen LogP contribution in [0.3, 0.4) is 0 Å². The lowest BCUT2D eigenvalue weighted by Gasteiger charge is -2.21. The van der Waals surface area contributed by atoms with Gasteiger partial charge in [0.05, 0.1) is 19.7 Å². The van der Waals surface area contributed by atoms with Crippen molar-refractivity contribution >= 4 is 13.3 Å². The van der Waals surface area contributed by atoms with Gasteiger partial charge in [-0.1, -0.05) is 56.0 Å². The standard InChI is InChI=1S/C23H25N2Si/c1-17-10-6-8-12-19(17)22-14-21(20-13-9-7-11-18(20)15-24)23(16-25(22)2)26(3,4)5/h6-14,16H,1-5H3/q+1. The highest BCUT2D eigenvalue weighted by atomic mass is 28.3. The zero-order valence-corrected chi connectivity index (χ0v) is 17.2. The highest BCUT2D eigenvalue weighted by Gasteiger charge is 2.27. The largest absolute Gasteiger partial charge is 0.213 e. The van der Waals surface area contributed by atoms with Crippen LogP contribution < -0.4 is 9.75 Å². The normalized spacial score (nSPS) is 11.2. The van der Waals surface area contributed by atoms with Crippen molar-refractivity contribution in [3.63, 3.8) is 0 Å². The van der Waals surface area contributed by atoms with Gasteiger partial charge in [0.15, 0.2) is 6.20 Å². The Kier molecular flexibility index (Phi) is 4.80. The molecule has 1 heterocycles. The molecular weight excluding hydrogens is 332 g/mol. The van der Waals surface area contributed by atoms with Crippen molar-refractivity contribution in [3.8, 4) is 28.5 Å². The molecule has 3 aromatic rings. The van der Waals surface area contributed by atoms with Crippen LogP contribution in [-0.4, -0.2) is 8.07 Å². The smallest absolute Gasteiger partial charge is 0.201 e. The summed E-state index contributed by atoms with van der Waals surface area (Å²) in [6.07, 6.45) is 2.28. The van der Waals surface area contributed by atoms with Gasteiger partial charge in [-0.2, -0.15) is 5.26 Å². The fraction of sp³-hybridized carbons (Fsp3) is 0.217. The number of benzene rings is 2. The Hall–Kier alpha value is -2.70. The van der Waals surface area contributed by atoms with Crippen LogP contribution in [-0.2, 0) is 7.05 Å². The molecule has 0 amide bonds. The molecule has 0 aliphatic rings. The third-order valence-corrected chi connectivity index (χ3v) is 6.86. The molecule has 2 aromatic carbocycles. The number of nitrogens with zero attached hydrogens (tertiary/aromatic N) is 2. The van der Waals surface area contributed by atoms with Crippen LogP contribution >= 0.6 is 0 Å². The van der Waals surface area contributed by atoms with E-state index < -0.39 is 8.07 Å². The molecule has 26 heavy (non-hydrogen) atoms. The van der Waals surface area contributed by atoms with E-state index in [0.717, 1.165) is 11.1 Å². The first-order chi connectivity index (χ1) is 12.3. The monoisotopic (exact) mass is 357 g/mol. The molecule has 0 fully saturated rings. The van der Waals surface area contributed by atoms with Gasteiger partial charge in [0.2, 0.25) is 5.69 Å². The minimum absolute atomic E-state index is 0.733. The molecule has 3 heteroatoms. The number of aromatic nitrogens is 1. The lowest BCUT2D eigenvalue weighted by molar-refractivity contribution is -0.659. The zero-order chi connectivity index (χ0) is 18.9. The summed E-state index contributed by atoms with van der Waals surface area (Å²) in [6, 6.07) is 21.0. The summed E-state index contributed by atoms with van der Waals surface area (Å²) in [5.41, 5.74) is 6.61. The van der Waals surface area contributed by atoms with Crippen molar-refractivity contribution in [1.82, 2.24) is 0 Å². The van der Waals surface area contributed by atoms with Gasteiger partial charge in [-0.25, -0.2) is 4.57 Å². The molecule has 0 bridgehead atoms. The summed E-state index contributed by atoms with van der Waals surface area (Å²) in [5.74, 6) is 0. The molecule has 130 valence electrons. The SMILES string of the molecule is Cc1ccccc1-c1cc(-c2ccccc2C#N)c([Si](C)(C)C)c[n+]1C. The van der Waals surface area contributed by atoms with E-state index in [2.05, 4.69) is 86.8 Å². The van der Waals surface area contributed by atoms with Crippen LogP contribution in [0.4, 0.5) is 0 Å². The van der Waals surface area contributed by atoms with E-state index in [9.17, 15) is 5.26 Å². The van der Waals surface area contributed by atoms with E-state index in [1.54, 1.807) is 0 Å². The number of rotatable bonds is 3. The average Bonchev–Trinajstić information content (AvgIpc) is 2.61. The minimum atomic E-state index is -1.60. The molecule has 0 radical (unpaired) electrons. The summed E-state index contributed by atoms with van der Waals surface area (Å²) >= 11 is 0. The Labute approximate surface area is 157 Å². The van der Waals surface area contributed by atoms with Crippen molar-refractivity contribution in [1.29, 1.82) is 5.26 Å². The third kappa shape index (κ3) is 3.33. The highest BCUT2D eigenvalue weighted by Crippen LogP contribution is 2.28. The van der Waals surface area contributed by atoms with E-state index in [0.29, 0.717) is 0 Å². The Morgan fingerprint density at radius 3 is 2.12 bits per heavy atom. The zero-order valence-electron chi connectivity index (χ0n) is 16.2. The van der Waals surface area contributed by atoms with E-state index in [1.165, 1.54) is 27.6 Å². The molecule has 0 N–H and O–H groups in total. The third-order valence-electron chi connectivity index (χ3n) is 4.84. The molecule has 0 spiro atoms. The first-order valence-corrected chi connectivity index (χ1v) is 12.4. The predicted molar refractivity (Wildman–Crippen MR) is 111 cm³/mol. The van der Waals surface area contributed by atoms with Gasteiger partial charge in [0.25, 0.3) is 0 Å². The Morgan fingerprint density at radius 1 is 0.885 bits per heavy atom. The molecule has 2 nitrogen and oxygen atoms in total. The van der Waals surface area contributed by atoms with E-state index in [-0.39, 0.29) is 0 Å². The van der Waals surface area contributed by atoms with Crippen LogP contribution in [0.15, 0.2) is 60.8 Å². The van der Waals surface area contributed by atoms with Crippen LogP contribution in [0.5, 0.6) is 0 Å². The second-order valence-corrected chi connectivity index (χ2v) is 12.9. The number of aryl methyl sites for hydroxylation is 2. The number of hydrogen-bond acceptors (Lipinski definition) is 1. The second kappa shape index (κ2) is 6.90. The van der Waals surface area contributed by atoms with Crippen LogP contribution in [0.1, 0.15) is 11.1 Å². The van der Waals surface area contributed by atoms with Crippen molar-refractivity contribution in [3.05, 3.63) is 71.9 Å². The summed E-state index contributed by atoms with van der Waals surface area (Å²) in [6.45, 7) is 9.21. The lowest BCUT2D eigenvalue weighted by atomic mass is 9.97. The predicted octanol–water partition coefficient (Wildman–Crippen LogP) is 4.57. The van der Waals surface area contributed by atoms with Gasteiger partial charge in [-0.15, -0.1) is 0 Å². The highest BCUT2D eigenvalue weighted by molar-refractivity contribution is 6.89. The Bertz CT molecular complexity index is 1010. The molecule has 0 saturated carbocycles. The van der Waals surface area contributed by atoms with Crippen molar-refractivity contribution in [2.75, 3.05) is 0 Å². The number of pyridine rings is 1. The Balaban J connectivity index is 2.37. The summed E-state index contributed by atoms with van der Waals surface area (Å²) in [4.78, 5) is 0. The van der Waals surface area contributed by atoms with Gasteiger partial charge in [-0.3, -0.25) is 0 Å². The van der Waals surface area contributed by atoms with Gasteiger partial charge < -0.3 is 0 Å². The van der Waals surface area contributed by atoms with Gasteiger partial charge in [0.1, 0.15) is 7.05 Å². The molecule has 0 atom stereocenters. The Morgan fingerprint density at radius 2 is 1.50 bits per heavy atom. The van der Waals surface area contributed by atoms with E-state index in [4.69, 9.17) is 0 Å². The molecule has 1 aromatic heterocycles. The molecular formula is C23H25N2Si+. The summed E-state index contributed by atoms with van der Waals surface area (Å²) < 4.78 is 2.23. The lowest BCUT2D eigenvalue weighted by Crippen LogP contribution is -2.46. The first kappa shape index (κ1) is 18.1. The van der Waals surface area contributed by atoms with E-state index in [1.807, 2.05) is 18.2 Å². The molecule has 0 aliphatic carbocycles. The summed E-state index contributed by atoms with van der Waals surface area (Å²) in [7, 11) is 0.521. The summed E-state index contributed by atoms with van der Waals surface area (Å²) in [5, 5.41) is 11.0. The van der Waals surface area contributed by atoms with Crippen molar-refractivity contribution in [2.24, 2.45) is 7.05 Å². The second-order valence-electron chi connectivity index (χ2n) is 7.82. The number of hydrogen-bond donors (Lipinski definition) is 0. The van der Waals surface area contributed by atoms with Crippen LogP contribution in [0.2, 0.25) is 19.6 Å². The van der Waals surface area contributed by atoms with Crippen LogP contribution in [0.25, 0.3) is 22.4 Å². The maximum atomic E-state index is 9.61. The van der Waals surface area contributed by atoms with Gasteiger partial charge >= 0.3 is 0 Å². The van der Waals surface area contributed by atoms with Crippen LogP contribution in [0, 0.1) is 18.3 Å². The van der Waals surface area contributed by atoms with Crippen molar-refractivity contribution in [2.45, 2.75) is 26.6 Å². The van der Waals surface area contributed by atoms with Crippen molar-refractivity contribution < 1.29 is 4.57 Å². The number of nitriles is 1. The molecule has 0 saturated heterocycles. The minimum Gasteiger partial charge on any atom is -0.201 e.